The Morgan fingerprint density at radius 2 is 0.361 bits per heavy atom. The molecule has 2 aliphatic carbocycles. The lowest BCUT2D eigenvalue weighted by molar-refractivity contribution is -0.143. The molecule has 0 saturated heterocycles. The molecular weight excluding hydrogens is 1800 g/mol. The van der Waals surface area contributed by atoms with E-state index in [4.69, 9.17) is 76.8 Å². The molecule has 756 valence electrons. The Morgan fingerprint density at radius 1 is 0.222 bits per heavy atom. The Bertz CT molecular complexity index is 5800. The SMILES string of the molecule is COC(=O)COc1c2cc(C(C)(C)C)cc1Cc1cc(C(C)(C)C)cc3c1OCc1ccc(nc1)-c1ccc(cn1)COc1c4cc(C(C)(C)C)cc1Cc1cc(C(C)(C)C)cc(c1OCC(=O)OC)Cc1cc(C(C)(C)C)cc(c1OCc1ccc(nc1)-c1ccc(cn1)COc1c(cc(C(C)(C)C)cc1Cc1cc(C(C)(C)C)cc(c1OCC(=O)OC)C3)C2)Cc1cc(C(C)(C)C)cc(c1OCC(=O)OC)C4. The van der Waals surface area contributed by atoms with Gasteiger partial charge in [-0.15, -0.1) is 0 Å². The molecule has 16 aliphatic rings. The average molecular weight is 1950 g/mol. The van der Waals surface area contributed by atoms with Crippen LogP contribution in [-0.4, -0.2) is 98.7 Å². The van der Waals surface area contributed by atoms with Crippen molar-refractivity contribution in [3.63, 3.8) is 0 Å². The molecule has 20 heteroatoms. The van der Waals surface area contributed by atoms with Gasteiger partial charge in [0.1, 0.15) is 72.4 Å². The van der Waals surface area contributed by atoms with Crippen molar-refractivity contribution >= 4 is 23.9 Å². The summed E-state index contributed by atoms with van der Waals surface area (Å²) in [4.78, 5) is 75.5. The number of ether oxygens (including phenoxy) is 12. The average Bonchev–Trinajstić information content (AvgIpc) is 0.760. The minimum Gasteiger partial charge on any atom is -0.488 e. The summed E-state index contributed by atoms with van der Waals surface area (Å²) in [5, 5.41) is 0. The highest BCUT2D eigenvalue weighted by Crippen LogP contribution is 2.50. The highest BCUT2D eigenvalue weighted by molar-refractivity contribution is 5.74. The highest BCUT2D eigenvalue weighted by Gasteiger charge is 2.36. The van der Waals surface area contributed by atoms with E-state index in [0.717, 1.165) is 156 Å². The molecule has 0 atom stereocenters. The first kappa shape index (κ1) is 105. The van der Waals surface area contributed by atoms with E-state index >= 15 is 0 Å². The zero-order valence-electron chi connectivity index (χ0n) is 89.8. The van der Waals surface area contributed by atoms with E-state index in [1.54, 1.807) is 0 Å². The van der Waals surface area contributed by atoms with E-state index in [0.29, 0.717) is 120 Å². The number of pyridine rings is 4. The Kier molecular flexibility index (Phi) is 30.4. The van der Waals surface area contributed by atoms with E-state index < -0.39 is 67.2 Å². The third-order valence-corrected chi connectivity index (χ3v) is 27.5. The molecule has 28 rings (SSSR count). The van der Waals surface area contributed by atoms with Crippen LogP contribution in [0.2, 0.25) is 0 Å². The summed E-state index contributed by atoms with van der Waals surface area (Å²) < 4.78 is 79.5. The molecule has 0 spiro atoms. The minimum absolute atomic E-state index is 0.0993. The van der Waals surface area contributed by atoms with Gasteiger partial charge in [-0.1, -0.05) is 287 Å². The molecular formula is C124H144N4O16. The number of hydrogen-bond acceptors (Lipinski definition) is 20. The fourth-order valence-corrected chi connectivity index (χ4v) is 18.8. The Labute approximate surface area is 851 Å². The molecule has 18 heterocycles. The minimum atomic E-state index is -0.533. The fourth-order valence-electron chi connectivity index (χ4n) is 18.8. The normalized spacial score (nSPS) is 13.8. The van der Waals surface area contributed by atoms with Crippen molar-refractivity contribution in [1.82, 2.24) is 19.9 Å². The summed E-state index contributed by atoms with van der Waals surface area (Å²) in [5.41, 5.74) is 24.6. The largest absolute Gasteiger partial charge is 0.488 e. The number of rotatable bonds is 12. The predicted octanol–water partition coefficient (Wildman–Crippen LogP) is 25.2. The number of fused-ring (bicyclic) bond motifs is 2. The molecule has 0 radical (unpaired) electrons. The van der Waals surface area contributed by atoms with Crippen LogP contribution in [0.25, 0.3) is 22.8 Å². The van der Waals surface area contributed by atoms with Crippen LogP contribution < -0.4 is 37.9 Å². The summed E-state index contributed by atoms with van der Waals surface area (Å²) in [5.74, 6) is 2.60. The second kappa shape index (κ2) is 41.8. The molecule has 144 heavy (non-hydrogen) atoms. The summed E-state index contributed by atoms with van der Waals surface area (Å²) in [6, 6.07) is 51.8. The van der Waals surface area contributed by atoms with Crippen molar-refractivity contribution < 1.29 is 76.0 Å². The van der Waals surface area contributed by atoms with E-state index in [2.05, 4.69) is 263 Å². The number of carbonyl (C=O) groups excluding carboxylic acids is 4. The maximum atomic E-state index is 13.7. The number of esters is 4. The van der Waals surface area contributed by atoms with Crippen LogP contribution in [0, 0.1) is 0 Å². The van der Waals surface area contributed by atoms with Gasteiger partial charge in [0.05, 0.1) is 51.2 Å². The second-order valence-electron chi connectivity index (χ2n) is 47.2. The number of hydrogen-bond donors (Lipinski definition) is 0. The maximum Gasteiger partial charge on any atom is 0.343 e. The summed E-state index contributed by atoms with van der Waals surface area (Å²) in [6.07, 6.45) is 9.71. The topological polar surface area (TPSA) is 231 Å². The van der Waals surface area contributed by atoms with E-state index in [1.165, 1.54) is 28.4 Å². The Morgan fingerprint density at radius 3 is 0.479 bits per heavy atom. The van der Waals surface area contributed by atoms with Gasteiger partial charge in [0.2, 0.25) is 0 Å². The zero-order chi connectivity index (χ0) is 104. The molecule has 14 aliphatic heterocycles. The van der Waals surface area contributed by atoms with Crippen LogP contribution in [0.4, 0.5) is 0 Å². The van der Waals surface area contributed by atoms with Crippen molar-refractivity contribution in [1.29, 1.82) is 0 Å². The standard InChI is InChI=1S/C124H144N4O16/c1-117(2,3)93-45-77-37-85-53-97(121(13,14)15)55-87(113(85)141-69-105(129)133-25)39-79-47-94(118(4,5)6)48-80-40-88-56-98(122(16,17)18)54-86(114(88)142-70-106(130)134-26)38-78(46-93)109(77)137-65-73-29-33-101(125-61-73)102-34-30-75(62-126-102)67-139-111-81-41-89-57-99(123(19,20)21)59-91(115(89)143-71-107(131)135-27)43-83-51-96(120(10,11)12)52-84(112(83)140-68-76-32-36-104(128-64-76)103-35-31-74(63-127-103)66-138-110(79)80)44-92-60-100(124(22,23)24)58-90(116(92)144-72-108(132)136-28)42-82(111)50-95(49-81)119(7,8)9/h29-36,45-64H,37-44,65-72H2,1-28H3. The summed E-state index contributed by atoms with van der Waals surface area (Å²) in [7, 11) is 5.50. The van der Waals surface area contributed by atoms with E-state index in [-0.39, 0.29) is 52.9 Å². The molecule has 4 aromatic heterocycles. The molecule has 0 saturated carbocycles. The van der Waals surface area contributed by atoms with Gasteiger partial charge in [0, 0.05) is 98.4 Å². The Balaban J connectivity index is 0.964. The number of methoxy groups -OCH3 is 4. The number of carbonyl (C=O) groups is 4. The lowest BCUT2D eigenvalue weighted by Crippen LogP contribution is -2.19. The maximum absolute atomic E-state index is 13.7. The lowest BCUT2D eigenvalue weighted by Gasteiger charge is -2.29. The number of nitrogens with zero attached hydrogens (tertiary/aromatic N) is 4. The zero-order valence-corrected chi connectivity index (χ0v) is 89.8. The molecule has 0 amide bonds. The van der Waals surface area contributed by atoms with Crippen LogP contribution in [0.3, 0.4) is 0 Å². The van der Waals surface area contributed by atoms with Crippen molar-refractivity contribution in [2.24, 2.45) is 0 Å². The van der Waals surface area contributed by atoms with Gasteiger partial charge < -0.3 is 56.8 Å². The third-order valence-electron chi connectivity index (χ3n) is 27.5. The van der Waals surface area contributed by atoms with Gasteiger partial charge in [0.15, 0.2) is 26.4 Å². The van der Waals surface area contributed by atoms with Crippen LogP contribution >= 0.6 is 0 Å². The monoisotopic (exact) mass is 1950 g/mol. The first-order valence-corrected chi connectivity index (χ1v) is 50.2. The van der Waals surface area contributed by atoms with Gasteiger partial charge in [-0.05, 0) is 201 Å². The van der Waals surface area contributed by atoms with Crippen molar-refractivity contribution in [2.45, 2.75) is 287 Å². The van der Waals surface area contributed by atoms with Gasteiger partial charge in [-0.25, -0.2) is 19.2 Å². The van der Waals surface area contributed by atoms with Crippen molar-refractivity contribution in [2.75, 3.05) is 54.9 Å². The molecule has 8 aromatic carbocycles. The number of benzene rings is 8. The van der Waals surface area contributed by atoms with Crippen LogP contribution in [-0.2, 0) is 159 Å². The molecule has 12 aromatic rings. The van der Waals surface area contributed by atoms with Gasteiger partial charge in [0.25, 0.3) is 0 Å². The molecule has 0 fully saturated rings. The lowest BCUT2D eigenvalue weighted by atomic mass is 9.79. The first-order chi connectivity index (χ1) is 67.7. The van der Waals surface area contributed by atoms with Crippen molar-refractivity contribution in [3.8, 4) is 68.8 Å². The molecule has 0 N–H and O–H groups in total. The molecule has 0 unspecified atom stereocenters. The van der Waals surface area contributed by atoms with E-state index in [9.17, 15) is 19.2 Å². The van der Waals surface area contributed by atoms with E-state index in [1.807, 2.05) is 73.3 Å². The van der Waals surface area contributed by atoms with Crippen LogP contribution in [0.1, 0.15) is 322 Å². The highest BCUT2D eigenvalue weighted by atomic mass is 16.6. The quantitative estimate of drug-likeness (QED) is 0.0817. The summed E-state index contributed by atoms with van der Waals surface area (Å²) >= 11 is 0. The predicted molar refractivity (Wildman–Crippen MR) is 566 cm³/mol. The van der Waals surface area contributed by atoms with Gasteiger partial charge in [-0.3, -0.25) is 19.9 Å². The van der Waals surface area contributed by atoms with Gasteiger partial charge in [-0.2, -0.15) is 0 Å². The fraction of sp³-hybridized carbons (Fsp3) is 0.419. The van der Waals surface area contributed by atoms with Crippen LogP contribution in [0.5, 0.6) is 46.0 Å². The second-order valence-corrected chi connectivity index (χ2v) is 47.2. The molecule has 28 bridgehead atoms. The first-order valence-electron chi connectivity index (χ1n) is 50.2. The van der Waals surface area contributed by atoms with Gasteiger partial charge >= 0.3 is 23.9 Å². The van der Waals surface area contributed by atoms with Crippen molar-refractivity contribution in [3.05, 3.63) is 326 Å². The molecule has 20 nitrogen and oxygen atoms in total. The third kappa shape index (κ3) is 24.8. The Hall–Kier alpha value is -13.4. The summed E-state index contributed by atoms with van der Waals surface area (Å²) in [6.45, 7) is 52.1. The number of aromatic nitrogens is 4. The smallest absolute Gasteiger partial charge is 0.343 e. The van der Waals surface area contributed by atoms with Crippen LogP contribution in [0.15, 0.2) is 170 Å².